The zero-order valence-electron chi connectivity index (χ0n) is 11.2. The van der Waals surface area contributed by atoms with E-state index < -0.39 is 0 Å². The van der Waals surface area contributed by atoms with Crippen LogP contribution < -0.4 is 11.1 Å². The highest BCUT2D eigenvalue weighted by Crippen LogP contribution is 2.12. The first kappa shape index (κ1) is 15.0. The predicted octanol–water partition coefficient (Wildman–Crippen LogP) is 1.83. The van der Waals surface area contributed by atoms with Gasteiger partial charge in [0.25, 0.3) is 0 Å². The van der Waals surface area contributed by atoms with Gasteiger partial charge in [-0.1, -0.05) is 6.07 Å². The van der Waals surface area contributed by atoms with Gasteiger partial charge in [0.2, 0.25) is 5.91 Å². The standard InChI is InChI=1S/C14H20N4O/c1-18(10-4-8-15)9-3-7-14(19)17-13-6-2-5-12(16)11-13/h2,5-6,11H,3-4,7,9-10,16H2,1H3,(H,17,19). The van der Waals surface area contributed by atoms with Crippen LogP contribution in [0.2, 0.25) is 0 Å². The fraction of sp³-hybridized carbons (Fsp3) is 0.429. The maximum Gasteiger partial charge on any atom is 0.224 e. The number of carbonyl (C=O) groups is 1. The van der Waals surface area contributed by atoms with Crippen LogP contribution in [0, 0.1) is 11.3 Å². The molecule has 1 aromatic carbocycles. The van der Waals surface area contributed by atoms with Crippen molar-refractivity contribution in [2.75, 3.05) is 31.2 Å². The van der Waals surface area contributed by atoms with Gasteiger partial charge < -0.3 is 16.0 Å². The summed E-state index contributed by atoms with van der Waals surface area (Å²) in [5.41, 5.74) is 6.99. The molecule has 0 bridgehead atoms. The summed E-state index contributed by atoms with van der Waals surface area (Å²) < 4.78 is 0. The fourth-order valence-electron chi connectivity index (χ4n) is 1.70. The largest absolute Gasteiger partial charge is 0.399 e. The zero-order chi connectivity index (χ0) is 14.1. The molecule has 0 saturated carbocycles. The maximum absolute atomic E-state index is 11.7. The van der Waals surface area contributed by atoms with Crippen molar-refractivity contribution in [1.29, 1.82) is 5.26 Å². The number of carbonyl (C=O) groups excluding carboxylic acids is 1. The highest BCUT2D eigenvalue weighted by molar-refractivity contribution is 5.91. The summed E-state index contributed by atoms with van der Waals surface area (Å²) in [6.07, 6.45) is 1.76. The molecule has 0 aliphatic carbocycles. The van der Waals surface area contributed by atoms with Crippen LogP contribution in [0.25, 0.3) is 0 Å². The van der Waals surface area contributed by atoms with Crippen LogP contribution in [0.4, 0.5) is 11.4 Å². The van der Waals surface area contributed by atoms with Crippen molar-refractivity contribution >= 4 is 17.3 Å². The smallest absolute Gasteiger partial charge is 0.224 e. The van der Waals surface area contributed by atoms with Crippen molar-refractivity contribution in [3.05, 3.63) is 24.3 Å². The number of amides is 1. The van der Waals surface area contributed by atoms with E-state index in [4.69, 9.17) is 11.0 Å². The van der Waals surface area contributed by atoms with Crippen molar-refractivity contribution in [1.82, 2.24) is 4.90 Å². The van der Waals surface area contributed by atoms with Gasteiger partial charge in [-0.15, -0.1) is 0 Å². The summed E-state index contributed by atoms with van der Waals surface area (Å²) in [7, 11) is 1.95. The van der Waals surface area contributed by atoms with Crippen molar-refractivity contribution in [2.24, 2.45) is 0 Å². The van der Waals surface area contributed by atoms with Gasteiger partial charge in [-0.25, -0.2) is 0 Å². The first-order valence-electron chi connectivity index (χ1n) is 6.32. The first-order valence-corrected chi connectivity index (χ1v) is 6.32. The molecule has 102 valence electrons. The molecule has 5 heteroatoms. The zero-order valence-corrected chi connectivity index (χ0v) is 11.2. The van der Waals surface area contributed by atoms with Gasteiger partial charge in [-0.2, -0.15) is 5.26 Å². The molecular weight excluding hydrogens is 240 g/mol. The molecular formula is C14H20N4O. The van der Waals surface area contributed by atoms with E-state index in [-0.39, 0.29) is 5.91 Å². The normalized spacial score (nSPS) is 10.2. The van der Waals surface area contributed by atoms with Crippen molar-refractivity contribution < 1.29 is 4.79 Å². The van der Waals surface area contributed by atoms with Crippen LogP contribution in [-0.2, 0) is 4.79 Å². The van der Waals surface area contributed by atoms with Gasteiger partial charge in [-0.3, -0.25) is 4.79 Å². The number of rotatable bonds is 7. The van der Waals surface area contributed by atoms with Gasteiger partial charge in [0.15, 0.2) is 0 Å². The first-order chi connectivity index (χ1) is 9.11. The predicted molar refractivity (Wildman–Crippen MR) is 76.4 cm³/mol. The highest BCUT2D eigenvalue weighted by atomic mass is 16.1. The number of nitriles is 1. The summed E-state index contributed by atoms with van der Waals surface area (Å²) in [6, 6.07) is 9.23. The lowest BCUT2D eigenvalue weighted by Crippen LogP contribution is -2.22. The molecule has 0 aliphatic rings. The molecule has 1 aromatic rings. The summed E-state index contributed by atoms with van der Waals surface area (Å²) in [6.45, 7) is 1.55. The van der Waals surface area contributed by atoms with Gasteiger partial charge in [-0.05, 0) is 38.2 Å². The quantitative estimate of drug-likeness (QED) is 0.733. The molecule has 0 spiro atoms. The van der Waals surface area contributed by atoms with Gasteiger partial charge in [0.1, 0.15) is 0 Å². The van der Waals surface area contributed by atoms with E-state index in [0.717, 1.165) is 25.2 Å². The van der Waals surface area contributed by atoms with Gasteiger partial charge >= 0.3 is 0 Å². The molecule has 3 N–H and O–H groups in total. The third-order valence-corrected chi connectivity index (χ3v) is 2.72. The van der Waals surface area contributed by atoms with Crippen LogP contribution in [0.5, 0.6) is 0 Å². The second-order valence-electron chi connectivity index (χ2n) is 4.49. The lowest BCUT2D eigenvalue weighted by atomic mass is 10.2. The average Bonchev–Trinajstić information content (AvgIpc) is 2.36. The molecule has 0 heterocycles. The van der Waals surface area contributed by atoms with Crippen molar-refractivity contribution in [2.45, 2.75) is 19.3 Å². The number of nitrogens with one attached hydrogen (secondary N) is 1. The number of benzene rings is 1. The molecule has 0 aromatic heterocycles. The number of hydrogen-bond acceptors (Lipinski definition) is 4. The Morgan fingerprint density at radius 2 is 2.26 bits per heavy atom. The maximum atomic E-state index is 11.7. The van der Waals surface area contributed by atoms with Crippen molar-refractivity contribution in [3.8, 4) is 6.07 Å². The monoisotopic (exact) mass is 260 g/mol. The number of nitrogens with two attached hydrogens (primary N) is 1. The highest BCUT2D eigenvalue weighted by Gasteiger charge is 2.04. The van der Waals surface area contributed by atoms with Crippen LogP contribution in [0.1, 0.15) is 19.3 Å². The number of nitrogens with zero attached hydrogens (tertiary/aromatic N) is 2. The Kier molecular flexibility index (Phi) is 6.41. The van der Waals surface area contributed by atoms with E-state index in [1.54, 1.807) is 18.2 Å². The minimum absolute atomic E-state index is 0.0146. The van der Waals surface area contributed by atoms with Crippen LogP contribution in [-0.4, -0.2) is 30.9 Å². The van der Waals surface area contributed by atoms with E-state index in [1.807, 2.05) is 13.1 Å². The second kappa shape index (κ2) is 8.11. The molecule has 1 rings (SSSR count). The minimum Gasteiger partial charge on any atom is -0.399 e. The average molecular weight is 260 g/mol. The second-order valence-corrected chi connectivity index (χ2v) is 4.49. The Balaban J connectivity index is 2.23. The lowest BCUT2D eigenvalue weighted by Gasteiger charge is -2.14. The Labute approximate surface area is 114 Å². The minimum atomic E-state index is -0.0146. The molecule has 1 amide bonds. The Morgan fingerprint density at radius 3 is 2.95 bits per heavy atom. The Hall–Kier alpha value is -2.06. The summed E-state index contributed by atoms with van der Waals surface area (Å²) >= 11 is 0. The fourth-order valence-corrected chi connectivity index (χ4v) is 1.70. The molecule has 0 saturated heterocycles. The molecule has 19 heavy (non-hydrogen) atoms. The van der Waals surface area contributed by atoms with E-state index >= 15 is 0 Å². The third kappa shape index (κ3) is 6.43. The Morgan fingerprint density at radius 1 is 1.47 bits per heavy atom. The summed E-state index contributed by atoms with van der Waals surface area (Å²) in [4.78, 5) is 13.7. The number of hydrogen-bond donors (Lipinski definition) is 2. The van der Waals surface area contributed by atoms with Crippen LogP contribution in [0.3, 0.4) is 0 Å². The van der Waals surface area contributed by atoms with E-state index in [9.17, 15) is 4.79 Å². The lowest BCUT2D eigenvalue weighted by molar-refractivity contribution is -0.116. The Bertz CT molecular complexity index is 453. The number of nitrogen functional groups attached to an aromatic ring is 1. The topological polar surface area (TPSA) is 82.2 Å². The summed E-state index contributed by atoms with van der Waals surface area (Å²) in [5, 5.41) is 11.3. The molecule has 0 aliphatic heterocycles. The molecule has 0 fully saturated rings. The number of anilines is 2. The van der Waals surface area contributed by atoms with Gasteiger partial charge in [0.05, 0.1) is 6.07 Å². The molecule has 0 unspecified atom stereocenters. The van der Waals surface area contributed by atoms with E-state index in [2.05, 4.69) is 16.3 Å². The third-order valence-electron chi connectivity index (χ3n) is 2.72. The van der Waals surface area contributed by atoms with Crippen molar-refractivity contribution in [3.63, 3.8) is 0 Å². The summed E-state index contributed by atoms with van der Waals surface area (Å²) in [5.74, 6) is -0.0146. The SMILES string of the molecule is CN(CCC#N)CCCC(=O)Nc1cccc(N)c1. The van der Waals surface area contributed by atoms with Gasteiger partial charge in [0, 0.05) is 30.8 Å². The van der Waals surface area contributed by atoms with Crippen LogP contribution >= 0.6 is 0 Å². The van der Waals surface area contributed by atoms with E-state index in [1.165, 1.54) is 0 Å². The molecule has 5 nitrogen and oxygen atoms in total. The molecule has 0 atom stereocenters. The van der Waals surface area contributed by atoms with Crippen LogP contribution in [0.15, 0.2) is 24.3 Å². The molecule has 0 radical (unpaired) electrons. The van der Waals surface area contributed by atoms with E-state index in [0.29, 0.717) is 18.5 Å².